The number of hydrogen-bond donors (Lipinski definition) is 1. The van der Waals surface area contributed by atoms with Crippen LogP contribution in [0.15, 0.2) is 60.4 Å². The molecule has 2 heterocycles. The van der Waals surface area contributed by atoms with Crippen molar-refractivity contribution in [2.24, 2.45) is 0 Å². The molecule has 39 heavy (non-hydrogen) atoms. The van der Waals surface area contributed by atoms with Crippen LogP contribution in [0.1, 0.15) is 51.5 Å². The van der Waals surface area contributed by atoms with Gasteiger partial charge < -0.3 is 14.7 Å². The van der Waals surface area contributed by atoms with Crippen LogP contribution in [0.25, 0.3) is 9.69 Å². The molecule has 0 aromatic heterocycles. The summed E-state index contributed by atoms with van der Waals surface area (Å²) in [4.78, 5) is 14.0. The highest BCUT2D eigenvalue weighted by molar-refractivity contribution is 7.85. The van der Waals surface area contributed by atoms with Crippen molar-refractivity contribution in [2.75, 3.05) is 40.1 Å². The third-order valence-electron chi connectivity index (χ3n) is 7.52. The van der Waals surface area contributed by atoms with Gasteiger partial charge in [-0.1, -0.05) is 37.3 Å². The van der Waals surface area contributed by atoms with E-state index in [9.17, 15) is 8.42 Å². The van der Waals surface area contributed by atoms with Crippen molar-refractivity contribution in [1.82, 2.24) is 0 Å². The smallest absolute Gasteiger partial charge is 0.264 e. The molecule has 2 aliphatic rings. The van der Waals surface area contributed by atoms with Gasteiger partial charge in [-0.25, -0.2) is 9.69 Å². The number of allylic oxidation sites excluding steroid dienone is 2. The number of hydrogen-bond acceptors (Lipinski definition) is 5. The molecule has 2 unspecified atom stereocenters. The summed E-state index contributed by atoms with van der Waals surface area (Å²) in [6.07, 6.45) is 8.33. The van der Waals surface area contributed by atoms with E-state index in [-0.39, 0.29) is 17.7 Å². The van der Waals surface area contributed by atoms with Crippen LogP contribution >= 0.6 is 0 Å². The maximum Gasteiger partial charge on any atom is 0.264 e. The molecule has 0 aliphatic carbocycles. The summed E-state index contributed by atoms with van der Waals surface area (Å²) in [7, 11) is -3.99. The fourth-order valence-electron chi connectivity index (χ4n) is 5.78. The van der Waals surface area contributed by atoms with Crippen molar-refractivity contribution in [3.63, 3.8) is 0 Å². The van der Waals surface area contributed by atoms with Gasteiger partial charge in [0.25, 0.3) is 10.1 Å². The SMILES string of the molecule is [C-]#[N+]c1ccc2c(c1)N(CC)/C(=C\C=C\C1C(CC)c3ccc([N+]#[C-])cc3N1CCCCS(=O)(=O)O)N2CC. The molecule has 0 spiro atoms. The number of benzene rings is 2. The third-order valence-corrected chi connectivity index (χ3v) is 8.33. The first kappa shape index (κ1) is 28.2. The molecular weight excluding hydrogens is 510 g/mol. The van der Waals surface area contributed by atoms with Gasteiger partial charge in [0, 0.05) is 31.2 Å². The van der Waals surface area contributed by atoms with Gasteiger partial charge in [0.2, 0.25) is 0 Å². The molecule has 0 amide bonds. The minimum atomic E-state index is -3.99. The molecule has 0 fully saturated rings. The van der Waals surface area contributed by atoms with Gasteiger partial charge in [0.05, 0.1) is 36.3 Å². The van der Waals surface area contributed by atoms with Gasteiger partial charge in [-0.15, -0.1) is 0 Å². The van der Waals surface area contributed by atoms with E-state index in [0.29, 0.717) is 30.8 Å². The highest BCUT2D eigenvalue weighted by atomic mass is 32.2. The van der Waals surface area contributed by atoms with Crippen LogP contribution in [0.2, 0.25) is 0 Å². The summed E-state index contributed by atoms with van der Waals surface area (Å²) in [6.45, 7) is 23.5. The van der Waals surface area contributed by atoms with Crippen molar-refractivity contribution in [1.29, 1.82) is 0 Å². The molecule has 2 aromatic carbocycles. The molecule has 0 bridgehead atoms. The predicted molar refractivity (Wildman–Crippen MR) is 158 cm³/mol. The molecule has 2 aromatic rings. The Kier molecular flexibility index (Phi) is 8.64. The van der Waals surface area contributed by atoms with Crippen LogP contribution in [-0.2, 0) is 10.1 Å². The zero-order valence-corrected chi connectivity index (χ0v) is 23.5. The molecule has 0 saturated carbocycles. The van der Waals surface area contributed by atoms with Crippen molar-refractivity contribution in [3.8, 4) is 0 Å². The van der Waals surface area contributed by atoms with E-state index in [1.54, 1.807) is 0 Å². The zero-order chi connectivity index (χ0) is 28.2. The standard InChI is InChI=1S/C30H35N5O3S/c1-6-24-25-16-14-22(31-4)20-28(25)35(18-9-10-19-39(36,37)38)26(24)12-11-13-30-33(7-2)27-17-15-23(32-5)21-29(27)34(30)8-3/h11-17,20-21,24,26H,6-10,18-19H2,1-3H3,(H,36,37,38)/b12-11+,30-13-. The van der Waals surface area contributed by atoms with Crippen LogP contribution in [-0.4, -0.2) is 44.4 Å². The highest BCUT2D eigenvalue weighted by Crippen LogP contribution is 2.46. The topological polar surface area (TPSA) is 72.8 Å². The fourth-order valence-corrected chi connectivity index (χ4v) is 6.35. The number of fused-ring (bicyclic) bond motifs is 2. The molecule has 4 rings (SSSR count). The second-order valence-electron chi connectivity index (χ2n) is 9.73. The largest absolute Gasteiger partial charge is 0.365 e. The van der Waals surface area contributed by atoms with Gasteiger partial charge in [-0.2, -0.15) is 8.42 Å². The summed E-state index contributed by atoms with van der Waals surface area (Å²) >= 11 is 0. The molecular formula is C30H35N5O3S. The molecule has 1 N–H and O–H groups in total. The lowest BCUT2D eigenvalue weighted by atomic mass is 9.92. The molecule has 9 heteroatoms. The Morgan fingerprint density at radius 1 is 0.923 bits per heavy atom. The monoisotopic (exact) mass is 545 g/mol. The van der Waals surface area contributed by atoms with Crippen molar-refractivity contribution in [3.05, 3.63) is 88.8 Å². The van der Waals surface area contributed by atoms with Gasteiger partial charge in [0.15, 0.2) is 11.4 Å². The van der Waals surface area contributed by atoms with Crippen molar-refractivity contribution in [2.45, 2.75) is 52.0 Å². The van der Waals surface area contributed by atoms with E-state index in [0.717, 1.165) is 42.4 Å². The van der Waals surface area contributed by atoms with Crippen molar-refractivity contribution >= 4 is 38.6 Å². The minimum Gasteiger partial charge on any atom is -0.365 e. The summed E-state index contributed by atoms with van der Waals surface area (Å²) in [5.74, 6) is 1.05. The Bertz CT molecular complexity index is 1470. The lowest BCUT2D eigenvalue weighted by molar-refractivity contribution is 0.479. The second kappa shape index (κ2) is 11.9. The minimum absolute atomic E-state index is 0.0521. The first-order valence-electron chi connectivity index (χ1n) is 13.4. The number of anilines is 3. The van der Waals surface area contributed by atoms with Gasteiger partial charge >= 0.3 is 0 Å². The molecule has 8 nitrogen and oxygen atoms in total. The molecule has 204 valence electrons. The molecule has 0 saturated heterocycles. The van der Waals surface area contributed by atoms with Gasteiger partial charge in [-0.05, 0) is 62.9 Å². The van der Waals surface area contributed by atoms with E-state index in [2.05, 4.69) is 69.5 Å². The highest BCUT2D eigenvalue weighted by Gasteiger charge is 2.36. The number of rotatable bonds is 10. The number of nitrogens with zero attached hydrogens (tertiary/aromatic N) is 5. The lowest BCUT2D eigenvalue weighted by Crippen LogP contribution is -2.33. The maximum atomic E-state index is 11.2. The summed E-state index contributed by atoms with van der Waals surface area (Å²) in [5, 5.41) is 0. The summed E-state index contributed by atoms with van der Waals surface area (Å²) in [6, 6.07) is 11.7. The van der Waals surface area contributed by atoms with E-state index in [1.165, 1.54) is 5.56 Å². The Balaban J connectivity index is 1.65. The Hall–Kier alpha value is -3.79. The average Bonchev–Trinajstić information content (AvgIpc) is 3.40. The Morgan fingerprint density at radius 3 is 2.18 bits per heavy atom. The average molecular weight is 546 g/mol. The van der Waals surface area contributed by atoms with E-state index < -0.39 is 10.1 Å². The quantitative estimate of drug-likeness (QED) is 0.199. The van der Waals surface area contributed by atoms with Gasteiger partial charge in [-0.3, -0.25) is 4.55 Å². The van der Waals surface area contributed by atoms with Crippen molar-refractivity contribution < 1.29 is 13.0 Å². The normalized spacial score (nSPS) is 19.4. The molecule has 0 radical (unpaired) electrons. The predicted octanol–water partition coefficient (Wildman–Crippen LogP) is 6.90. The van der Waals surface area contributed by atoms with E-state index in [4.69, 9.17) is 17.7 Å². The van der Waals surface area contributed by atoms with Crippen LogP contribution < -0.4 is 14.7 Å². The van der Waals surface area contributed by atoms with Gasteiger partial charge in [0.1, 0.15) is 5.82 Å². The first-order chi connectivity index (χ1) is 18.8. The number of unbranched alkanes of at least 4 members (excludes halogenated alkanes) is 1. The van der Waals surface area contributed by atoms with E-state index >= 15 is 0 Å². The Labute approximate surface area is 232 Å². The van der Waals surface area contributed by atoms with Crippen LogP contribution in [0.5, 0.6) is 0 Å². The third kappa shape index (κ3) is 5.80. The summed E-state index contributed by atoms with van der Waals surface area (Å²) in [5.41, 5.74) is 5.57. The molecule has 2 aliphatic heterocycles. The maximum absolute atomic E-state index is 11.2. The Morgan fingerprint density at radius 2 is 1.56 bits per heavy atom. The molecule has 2 atom stereocenters. The zero-order valence-electron chi connectivity index (χ0n) is 22.7. The first-order valence-corrected chi connectivity index (χ1v) is 15.0. The fraction of sp³-hybridized carbons (Fsp3) is 0.400. The van der Waals surface area contributed by atoms with Crippen LogP contribution in [0.4, 0.5) is 28.4 Å². The lowest BCUT2D eigenvalue weighted by Gasteiger charge is -2.28. The van der Waals surface area contributed by atoms with E-state index in [1.807, 2.05) is 30.3 Å². The second-order valence-corrected chi connectivity index (χ2v) is 11.3. The van der Waals surface area contributed by atoms with Crippen LogP contribution in [0.3, 0.4) is 0 Å². The summed E-state index contributed by atoms with van der Waals surface area (Å²) < 4.78 is 31.6. The van der Waals surface area contributed by atoms with Crippen LogP contribution in [0, 0.1) is 13.1 Å².